The van der Waals surface area contributed by atoms with Crippen LogP contribution in [0.15, 0.2) is 33.9 Å². The van der Waals surface area contributed by atoms with Crippen LogP contribution in [0.4, 0.5) is 0 Å². The highest BCUT2D eigenvalue weighted by molar-refractivity contribution is 5.76. The smallest absolute Gasteiger partial charge is 0.314 e. The lowest BCUT2D eigenvalue weighted by Crippen LogP contribution is -2.39. The highest BCUT2D eigenvalue weighted by atomic mass is 16.2. The Morgan fingerprint density at radius 3 is 2.29 bits per heavy atom. The maximum absolute atomic E-state index is 13.4. The lowest BCUT2D eigenvalue weighted by atomic mass is 10.1. The maximum Gasteiger partial charge on any atom is 0.332 e. The molecule has 7 heteroatoms. The van der Waals surface area contributed by atoms with Gasteiger partial charge >= 0.3 is 5.69 Å². The molecule has 3 heterocycles. The standard InChI is InChI=1S/C21H25N5O2/c1-6-11-24-14(3)15(4)26-17-18(22-20(24)26)23(5)21(28)25(19(17)27)12-16-9-7-13(2)8-10-16/h7-10H,6,11-12H2,1-5H3. The van der Waals surface area contributed by atoms with Crippen LogP contribution in [0.2, 0.25) is 0 Å². The van der Waals surface area contributed by atoms with Gasteiger partial charge in [-0.15, -0.1) is 0 Å². The second kappa shape index (κ2) is 6.51. The van der Waals surface area contributed by atoms with Gasteiger partial charge in [0.2, 0.25) is 5.78 Å². The Kier molecular flexibility index (Phi) is 4.25. The van der Waals surface area contributed by atoms with Gasteiger partial charge in [0, 0.05) is 25.0 Å². The van der Waals surface area contributed by atoms with Crippen LogP contribution in [-0.2, 0) is 20.1 Å². The van der Waals surface area contributed by atoms with Gasteiger partial charge in [0.15, 0.2) is 11.2 Å². The van der Waals surface area contributed by atoms with E-state index in [1.165, 1.54) is 9.13 Å². The summed E-state index contributed by atoms with van der Waals surface area (Å²) in [7, 11) is 1.68. The van der Waals surface area contributed by atoms with Crippen LogP contribution in [0.3, 0.4) is 0 Å². The molecule has 0 atom stereocenters. The SMILES string of the molecule is CCCn1c(C)c(C)n2c3c(=O)n(Cc4ccc(C)cc4)c(=O)n(C)c3nc12. The minimum atomic E-state index is -0.352. The summed E-state index contributed by atoms with van der Waals surface area (Å²) < 4.78 is 6.79. The van der Waals surface area contributed by atoms with E-state index in [0.717, 1.165) is 35.5 Å². The van der Waals surface area contributed by atoms with Crippen molar-refractivity contribution in [1.29, 1.82) is 0 Å². The van der Waals surface area contributed by atoms with Crippen LogP contribution in [0.5, 0.6) is 0 Å². The summed E-state index contributed by atoms with van der Waals surface area (Å²) in [5, 5.41) is 0. The van der Waals surface area contributed by atoms with Gasteiger partial charge in [-0.1, -0.05) is 36.8 Å². The number of hydrogen-bond acceptors (Lipinski definition) is 3. The predicted octanol–water partition coefficient (Wildman–Crippen LogP) is 2.53. The van der Waals surface area contributed by atoms with Crippen molar-refractivity contribution < 1.29 is 0 Å². The molecule has 146 valence electrons. The lowest BCUT2D eigenvalue weighted by Gasteiger charge is -2.09. The zero-order chi connectivity index (χ0) is 20.2. The first-order chi connectivity index (χ1) is 13.3. The third-order valence-corrected chi connectivity index (χ3v) is 5.54. The average molecular weight is 379 g/mol. The summed E-state index contributed by atoms with van der Waals surface area (Å²) in [4.78, 5) is 30.9. The first-order valence-electron chi connectivity index (χ1n) is 9.58. The summed E-state index contributed by atoms with van der Waals surface area (Å²) in [5.74, 6) is 0.715. The van der Waals surface area contributed by atoms with Crippen LogP contribution in [0.1, 0.15) is 35.9 Å². The largest absolute Gasteiger partial charge is 0.332 e. The fourth-order valence-electron chi connectivity index (χ4n) is 3.82. The Morgan fingerprint density at radius 2 is 1.64 bits per heavy atom. The van der Waals surface area contributed by atoms with Crippen LogP contribution in [0.25, 0.3) is 16.9 Å². The van der Waals surface area contributed by atoms with Gasteiger partial charge in [0.1, 0.15) is 0 Å². The predicted molar refractivity (Wildman–Crippen MR) is 110 cm³/mol. The molecule has 0 bridgehead atoms. The Bertz CT molecular complexity index is 1320. The summed E-state index contributed by atoms with van der Waals surface area (Å²) in [6, 6.07) is 7.87. The molecular formula is C21H25N5O2. The molecule has 0 saturated carbocycles. The molecule has 4 aromatic rings. The molecule has 0 fully saturated rings. The third kappa shape index (κ3) is 2.53. The molecule has 7 nitrogen and oxygen atoms in total. The Morgan fingerprint density at radius 1 is 0.964 bits per heavy atom. The molecule has 0 radical (unpaired) electrons. The summed E-state index contributed by atoms with van der Waals surface area (Å²) >= 11 is 0. The topological polar surface area (TPSA) is 66.2 Å². The third-order valence-electron chi connectivity index (χ3n) is 5.54. The van der Waals surface area contributed by atoms with E-state index in [2.05, 4.69) is 16.5 Å². The van der Waals surface area contributed by atoms with E-state index in [-0.39, 0.29) is 17.8 Å². The van der Waals surface area contributed by atoms with Gasteiger partial charge in [-0.25, -0.2) is 4.79 Å². The molecule has 0 aliphatic carbocycles. The molecule has 0 spiro atoms. The van der Waals surface area contributed by atoms with Gasteiger partial charge in [0.05, 0.1) is 6.54 Å². The van der Waals surface area contributed by atoms with Crippen molar-refractivity contribution in [2.45, 2.75) is 47.2 Å². The zero-order valence-corrected chi connectivity index (χ0v) is 17.0. The number of benzene rings is 1. The van der Waals surface area contributed by atoms with Gasteiger partial charge in [-0.05, 0) is 32.8 Å². The number of imidazole rings is 2. The summed E-state index contributed by atoms with van der Waals surface area (Å²) in [6.45, 7) is 9.21. The van der Waals surface area contributed by atoms with E-state index < -0.39 is 0 Å². The molecule has 0 amide bonds. The molecule has 0 saturated heterocycles. The summed E-state index contributed by atoms with van der Waals surface area (Å²) in [5.41, 5.74) is 4.35. The second-order valence-corrected chi connectivity index (χ2v) is 7.46. The molecule has 1 aromatic carbocycles. The molecule has 0 unspecified atom stereocenters. The quantitative estimate of drug-likeness (QED) is 0.547. The molecule has 0 aliphatic heterocycles. The first kappa shape index (κ1) is 18.3. The van der Waals surface area contributed by atoms with Crippen molar-refractivity contribution in [3.05, 3.63) is 67.6 Å². The van der Waals surface area contributed by atoms with Crippen LogP contribution >= 0.6 is 0 Å². The van der Waals surface area contributed by atoms with E-state index in [1.54, 1.807) is 7.05 Å². The van der Waals surface area contributed by atoms with Crippen molar-refractivity contribution in [2.24, 2.45) is 7.05 Å². The highest BCUT2D eigenvalue weighted by Gasteiger charge is 2.22. The molecule has 4 rings (SSSR count). The Hall–Kier alpha value is -3.09. The molecule has 0 N–H and O–H groups in total. The molecule has 3 aromatic heterocycles. The van der Waals surface area contributed by atoms with Crippen molar-refractivity contribution >= 4 is 16.9 Å². The summed E-state index contributed by atoms with van der Waals surface area (Å²) in [6.07, 6.45) is 0.963. The Balaban J connectivity index is 2.04. The fourth-order valence-corrected chi connectivity index (χ4v) is 3.82. The van der Waals surface area contributed by atoms with Crippen molar-refractivity contribution in [2.75, 3.05) is 0 Å². The monoisotopic (exact) mass is 379 g/mol. The minimum absolute atomic E-state index is 0.239. The van der Waals surface area contributed by atoms with E-state index in [9.17, 15) is 9.59 Å². The lowest BCUT2D eigenvalue weighted by molar-refractivity contribution is 0.655. The molecule has 0 aliphatic rings. The fraction of sp³-hybridized carbons (Fsp3) is 0.381. The molecule has 28 heavy (non-hydrogen) atoms. The van der Waals surface area contributed by atoms with E-state index in [4.69, 9.17) is 0 Å². The number of nitrogens with zero attached hydrogens (tertiary/aromatic N) is 5. The molecular weight excluding hydrogens is 354 g/mol. The van der Waals surface area contributed by atoms with Crippen LogP contribution in [0, 0.1) is 20.8 Å². The number of aromatic nitrogens is 5. The van der Waals surface area contributed by atoms with E-state index in [1.807, 2.05) is 49.4 Å². The second-order valence-electron chi connectivity index (χ2n) is 7.46. The van der Waals surface area contributed by atoms with Gasteiger partial charge in [-0.2, -0.15) is 4.98 Å². The van der Waals surface area contributed by atoms with Crippen molar-refractivity contribution in [3.8, 4) is 0 Å². The number of hydrogen-bond donors (Lipinski definition) is 0. The van der Waals surface area contributed by atoms with E-state index in [0.29, 0.717) is 16.9 Å². The zero-order valence-electron chi connectivity index (χ0n) is 17.0. The Labute approximate surface area is 162 Å². The maximum atomic E-state index is 13.4. The average Bonchev–Trinajstić information content (AvgIpc) is 3.17. The van der Waals surface area contributed by atoms with Crippen molar-refractivity contribution in [3.63, 3.8) is 0 Å². The van der Waals surface area contributed by atoms with Gasteiger partial charge in [-0.3, -0.25) is 18.3 Å². The van der Waals surface area contributed by atoms with Crippen LogP contribution in [-0.4, -0.2) is 23.1 Å². The highest BCUT2D eigenvalue weighted by Crippen LogP contribution is 2.21. The van der Waals surface area contributed by atoms with Crippen LogP contribution < -0.4 is 11.2 Å². The van der Waals surface area contributed by atoms with Crippen molar-refractivity contribution in [1.82, 2.24) is 23.1 Å². The number of rotatable bonds is 4. The number of aryl methyl sites for hydroxylation is 4. The number of fused-ring (bicyclic) bond motifs is 3. The van der Waals surface area contributed by atoms with Gasteiger partial charge < -0.3 is 4.57 Å². The van der Waals surface area contributed by atoms with E-state index >= 15 is 0 Å². The van der Waals surface area contributed by atoms with Gasteiger partial charge in [0.25, 0.3) is 5.56 Å². The first-order valence-corrected chi connectivity index (χ1v) is 9.58. The minimum Gasteiger partial charge on any atom is -0.314 e. The normalized spacial score (nSPS) is 11.8.